The van der Waals surface area contributed by atoms with Gasteiger partial charge in [-0.25, -0.2) is 8.42 Å². The molecule has 2 aromatic rings. The van der Waals surface area contributed by atoms with E-state index in [2.05, 4.69) is 0 Å². The Balaban J connectivity index is 1.99. The van der Waals surface area contributed by atoms with E-state index in [9.17, 15) is 13.2 Å². The number of fused-ring (bicyclic) bond motifs is 1. The number of carbonyl (C=O) groups excluding carboxylic acids is 1. The first-order valence-electron chi connectivity index (χ1n) is 5.14. The Labute approximate surface area is 108 Å². The Morgan fingerprint density at radius 1 is 1.35 bits per heavy atom. The van der Waals surface area contributed by atoms with Gasteiger partial charge in [0.2, 0.25) is 0 Å². The smallest absolute Gasteiger partial charge is 0.172 e. The third-order valence-electron chi connectivity index (χ3n) is 2.33. The molecule has 2 aromatic heterocycles. The molecule has 92 valence electrons. The minimum atomic E-state index is -2.96. The van der Waals surface area contributed by atoms with Gasteiger partial charge < -0.3 is 0 Å². The predicted octanol–water partition coefficient (Wildman–Crippen LogP) is 2.97. The van der Waals surface area contributed by atoms with Gasteiger partial charge in [0.15, 0.2) is 5.78 Å². The predicted molar refractivity (Wildman–Crippen MR) is 73.0 cm³/mol. The number of sulfone groups is 1. The van der Waals surface area contributed by atoms with Gasteiger partial charge in [0.05, 0.1) is 10.6 Å². The van der Waals surface area contributed by atoms with E-state index in [4.69, 9.17) is 0 Å². The van der Waals surface area contributed by atoms with Gasteiger partial charge in [0.1, 0.15) is 9.84 Å². The molecule has 2 rings (SSSR count). The Morgan fingerprint density at radius 2 is 2.12 bits per heavy atom. The number of ketones is 1. The summed E-state index contributed by atoms with van der Waals surface area (Å²) in [6.07, 6.45) is 1.91. The van der Waals surface area contributed by atoms with Crippen molar-refractivity contribution >= 4 is 47.7 Å². The summed E-state index contributed by atoms with van der Waals surface area (Å²) in [5.41, 5.74) is 0. The number of thiophene rings is 2. The maximum absolute atomic E-state index is 11.8. The van der Waals surface area contributed by atoms with E-state index >= 15 is 0 Å². The van der Waals surface area contributed by atoms with Gasteiger partial charge in [0.25, 0.3) is 0 Å². The van der Waals surface area contributed by atoms with Crippen LogP contribution in [-0.4, -0.2) is 26.2 Å². The van der Waals surface area contributed by atoms with Crippen LogP contribution < -0.4 is 0 Å². The summed E-state index contributed by atoms with van der Waals surface area (Å²) in [6.45, 7) is 0. The second-order valence-electron chi connectivity index (χ2n) is 3.92. The van der Waals surface area contributed by atoms with Crippen LogP contribution in [0.15, 0.2) is 17.5 Å². The number of rotatable bonds is 5. The maximum Gasteiger partial charge on any atom is 0.172 e. The first-order chi connectivity index (χ1) is 7.96. The zero-order valence-electron chi connectivity index (χ0n) is 9.30. The molecule has 0 aliphatic heterocycles. The van der Waals surface area contributed by atoms with Crippen LogP contribution in [0.2, 0.25) is 0 Å². The quantitative estimate of drug-likeness (QED) is 0.795. The molecule has 3 nitrogen and oxygen atoms in total. The van der Waals surface area contributed by atoms with Crippen LogP contribution in [0.3, 0.4) is 0 Å². The van der Waals surface area contributed by atoms with E-state index in [1.165, 1.54) is 17.6 Å². The standard InChI is InChI=1S/C11H12O3S3/c1-17(13,14)6-2-3-8(12)10-7-11-9(16-10)4-5-15-11/h4-5,7H,2-3,6H2,1H3. The molecular weight excluding hydrogens is 276 g/mol. The van der Waals surface area contributed by atoms with Crippen LogP contribution in [-0.2, 0) is 9.84 Å². The van der Waals surface area contributed by atoms with Crippen LogP contribution in [0.5, 0.6) is 0 Å². The molecule has 0 atom stereocenters. The zero-order valence-corrected chi connectivity index (χ0v) is 11.8. The number of hydrogen-bond donors (Lipinski definition) is 0. The monoisotopic (exact) mass is 288 g/mol. The van der Waals surface area contributed by atoms with E-state index < -0.39 is 9.84 Å². The van der Waals surface area contributed by atoms with Crippen LogP contribution in [0.4, 0.5) is 0 Å². The van der Waals surface area contributed by atoms with Crippen molar-refractivity contribution in [2.45, 2.75) is 12.8 Å². The minimum absolute atomic E-state index is 0.0436. The molecule has 6 heteroatoms. The first kappa shape index (κ1) is 12.7. The fourth-order valence-corrected chi connectivity index (χ4v) is 4.27. The highest BCUT2D eigenvalue weighted by Crippen LogP contribution is 2.30. The first-order valence-corrected chi connectivity index (χ1v) is 8.89. The average Bonchev–Trinajstić information content (AvgIpc) is 2.73. The summed E-state index contributed by atoms with van der Waals surface area (Å²) in [4.78, 5) is 12.6. The molecule has 0 spiro atoms. The molecule has 0 radical (unpaired) electrons. The van der Waals surface area contributed by atoms with Crippen molar-refractivity contribution in [2.75, 3.05) is 12.0 Å². The second kappa shape index (κ2) is 4.88. The van der Waals surface area contributed by atoms with Crippen molar-refractivity contribution in [3.05, 3.63) is 22.4 Å². The molecule has 0 aliphatic carbocycles. The van der Waals surface area contributed by atoms with Crippen LogP contribution in [0, 0.1) is 0 Å². The lowest BCUT2D eigenvalue weighted by atomic mass is 10.2. The van der Waals surface area contributed by atoms with E-state index in [0.29, 0.717) is 12.8 Å². The molecule has 0 bridgehead atoms. The van der Waals surface area contributed by atoms with Crippen molar-refractivity contribution in [1.29, 1.82) is 0 Å². The summed E-state index contributed by atoms with van der Waals surface area (Å²) in [6, 6.07) is 3.89. The van der Waals surface area contributed by atoms with Crippen LogP contribution >= 0.6 is 22.7 Å². The molecule has 2 heterocycles. The highest BCUT2D eigenvalue weighted by Gasteiger charge is 2.12. The lowest BCUT2D eigenvalue weighted by Gasteiger charge is -1.97. The SMILES string of the molecule is CS(=O)(=O)CCCC(=O)c1cc2sccc2s1. The Bertz CT molecular complexity index is 605. The third kappa shape index (κ3) is 3.37. The van der Waals surface area contributed by atoms with Crippen LogP contribution in [0.25, 0.3) is 9.40 Å². The van der Waals surface area contributed by atoms with E-state index in [-0.39, 0.29) is 11.5 Å². The summed E-state index contributed by atoms with van der Waals surface area (Å²) < 4.78 is 24.1. The van der Waals surface area contributed by atoms with Gasteiger partial charge in [-0.1, -0.05) is 0 Å². The van der Waals surface area contributed by atoms with Gasteiger partial charge in [-0.2, -0.15) is 0 Å². The minimum Gasteiger partial charge on any atom is -0.293 e. The van der Waals surface area contributed by atoms with Crippen molar-refractivity contribution in [2.24, 2.45) is 0 Å². The number of carbonyl (C=O) groups is 1. The molecule has 0 saturated heterocycles. The number of hydrogen-bond acceptors (Lipinski definition) is 5. The number of Topliss-reactive ketones (excluding diaryl/α,β-unsaturated/α-hetero) is 1. The molecule has 0 aliphatic rings. The molecule has 0 unspecified atom stereocenters. The largest absolute Gasteiger partial charge is 0.293 e. The second-order valence-corrected chi connectivity index (χ2v) is 8.21. The maximum atomic E-state index is 11.8. The molecular formula is C11H12O3S3. The molecule has 0 N–H and O–H groups in total. The molecule has 0 amide bonds. The van der Waals surface area contributed by atoms with Gasteiger partial charge in [-0.05, 0) is 23.9 Å². The Hall–Kier alpha value is -0.720. The Kier molecular flexibility index (Phi) is 3.65. The fourth-order valence-electron chi connectivity index (χ4n) is 1.52. The van der Waals surface area contributed by atoms with Crippen molar-refractivity contribution in [1.82, 2.24) is 0 Å². The summed E-state index contributed by atoms with van der Waals surface area (Å²) >= 11 is 3.10. The van der Waals surface area contributed by atoms with E-state index in [1.807, 2.05) is 17.5 Å². The average molecular weight is 288 g/mol. The molecule has 17 heavy (non-hydrogen) atoms. The van der Waals surface area contributed by atoms with Gasteiger partial charge >= 0.3 is 0 Å². The highest BCUT2D eigenvalue weighted by molar-refractivity contribution is 7.90. The van der Waals surface area contributed by atoms with Crippen molar-refractivity contribution < 1.29 is 13.2 Å². The topological polar surface area (TPSA) is 51.2 Å². The molecule has 0 aromatic carbocycles. The van der Waals surface area contributed by atoms with Gasteiger partial charge in [0, 0.05) is 22.1 Å². The van der Waals surface area contributed by atoms with Crippen molar-refractivity contribution in [3.63, 3.8) is 0 Å². The third-order valence-corrected chi connectivity index (χ3v) is 5.50. The normalized spacial score (nSPS) is 12.1. The lowest BCUT2D eigenvalue weighted by molar-refractivity contribution is 0.0986. The molecule has 0 fully saturated rings. The summed E-state index contributed by atoms with van der Waals surface area (Å²) in [5.74, 6) is 0.125. The van der Waals surface area contributed by atoms with Crippen LogP contribution in [0.1, 0.15) is 22.5 Å². The van der Waals surface area contributed by atoms with Gasteiger partial charge in [-0.3, -0.25) is 4.79 Å². The fraction of sp³-hybridized carbons (Fsp3) is 0.364. The highest BCUT2D eigenvalue weighted by atomic mass is 32.2. The van der Waals surface area contributed by atoms with Crippen molar-refractivity contribution in [3.8, 4) is 0 Å². The summed E-state index contributed by atoms with van der Waals surface area (Å²) in [7, 11) is -2.96. The Morgan fingerprint density at radius 3 is 2.76 bits per heavy atom. The van der Waals surface area contributed by atoms with E-state index in [1.54, 1.807) is 11.3 Å². The molecule has 0 saturated carbocycles. The van der Waals surface area contributed by atoms with Gasteiger partial charge in [-0.15, -0.1) is 22.7 Å². The van der Waals surface area contributed by atoms with E-state index in [0.717, 1.165) is 14.3 Å². The summed E-state index contributed by atoms with van der Waals surface area (Å²) in [5, 5.41) is 2.00. The lowest BCUT2D eigenvalue weighted by Crippen LogP contribution is -2.05. The zero-order chi connectivity index (χ0) is 12.5.